The summed E-state index contributed by atoms with van der Waals surface area (Å²) < 4.78 is 37.4. The number of pyridine rings is 1. The third kappa shape index (κ3) is 4.36. The number of nitrogens with one attached hydrogen (secondary N) is 2. The van der Waals surface area contributed by atoms with Gasteiger partial charge in [0, 0.05) is 6.20 Å². The predicted molar refractivity (Wildman–Crippen MR) is 72.8 cm³/mol. The van der Waals surface area contributed by atoms with Crippen molar-refractivity contribution in [3.8, 4) is 0 Å². The van der Waals surface area contributed by atoms with Gasteiger partial charge in [-0.15, -0.1) is 5.10 Å². The number of aromatic nitrogens is 3. The second-order valence-corrected chi connectivity index (χ2v) is 4.41. The van der Waals surface area contributed by atoms with Crippen LogP contribution in [0.15, 0.2) is 30.5 Å². The zero-order valence-corrected chi connectivity index (χ0v) is 11.8. The Labute approximate surface area is 131 Å². The highest BCUT2D eigenvalue weighted by Crippen LogP contribution is 2.29. The first-order valence-electron chi connectivity index (χ1n) is 5.91. The molecule has 0 aliphatic rings. The summed E-state index contributed by atoms with van der Waals surface area (Å²) in [5.74, 6) is -0.938. The molecule has 0 saturated carbocycles. The highest BCUT2D eigenvalue weighted by atomic mass is 35.5. The number of halogens is 4. The molecule has 0 atom stereocenters. The van der Waals surface area contributed by atoms with Crippen LogP contribution in [-0.2, 0) is 6.18 Å². The van der Waals surface area contributed by atoms with Crippen LogP contribution in [0, 0.1) is 0 Å². The molecule has 2 N–H and O–H groups in total. The lowest BCUT2D eigenvalue weighted by Gasteiger charge is -2.09. The lowest BCUT2D eigenvalue weighted by Crippen LogP contribution is -2.35. The van der Waals surface area contributed by atoms with Crippen LogP contribution in [0.3, 0.4) is 0 Å². The second kappa shape index (κ2) is 6.57. The van der Waals surface area contributed by atoms with E-state index < -0.39 is 29.0 Å². The van der Waals surface area contributed by atoms with Gasteiger partial charge in [-0.1, -0.05) is 11.6 Å². The number of nitrogens with zero attached hydrogens (tertiary/aromatic N) is 3. The normalized spacial score (nSPS) is 11.0. The smallest absolute Gasteiger partial charge is 0.290 e. The summed E-state index contributed by atoms with van der Waals surface area (Å²) in [5, 5.41) is 10.5. The third-order valence-corrected chi connectivity index (χ3v) is 2.71. The van der Waals surface area contributed by atoms with E-state index >= 15 is 0 Å². The van der Waals surface area contributed by atoms with E-state index in [4.69, 9.17) is 11.6 Å². The van der Waals surface area contributed by atoms with Gasteiger partial charge in [0.2, 0.25) is 0 Å². The molecule has 2 heterocycles. The summed E-state index contributed by atoms with van der Waals surface area (Å²) in [6.07, 6.45) is -3.32. The van der Waals surface area contributed by atoms with Crippen molar-refractivity contribution in [3.63, 3.8) is 0 Å². The Morgan fingerprint density at radius 1 is 1.17 bits per heavy atom. The number of rotatable bonds is 2. The van der Waals surface area contributed by atoms with Crippen LogP contribution >= 0.6 is 11.6 Å². The number of hydrogen-bond acceptors (Lipinski definition) is 5. The van der Waals surface area contributed by atoms with E-state index in [0.29, 0.717) is 6.07 Å². The molecule has 11 heteroatoms. The standard InChI is InChI=1S/C12H7ClF3N5O2/c13-9-6(3-4-7(18-9)12(14,15)16)10(22)20-11(23)19-8-2-1-5-17-21-8/h1-5H,(H2,19,20,21,22,23). The van der Waals surface area contributed by atoms with Gasteiger partial charge in [0.05, 0.1) is 5.56 Å². The van der Waals surface area contributed by atoms with Crippen LogP contribution in [0.4, 0.5) is 23.8 Å². The van der Waals surface area contributed by atoms with Gasteiger partial charge in [-0.05, 0) is 24.3 Å². The average Bonchev–Trinajstić information content (AvgIpc) is 2.46. The summed E-state index contributed by atoms with van der Waals surface area (Å²) in [6.45, 7) is 0. The molecule has 2 rings (SSSR count). The molecule has 0 saturated heterocycles. The Balaban J connectivity index is 2.07. The van der Waals surface area contributed by atoms with Gasteiger partial charge in [0.1, 0.15) is 10.8 Å². The van der Waals surface area contributed by atoms with E-state index in [1.165, 1.54) is 18.3 Å². The van der Waals surface area contributed by atoms with Crippen molar-refractivity contribution in [1.82, 2.24) is 20.5 Å². The van der Waals surface area contributed by atoms with E-state index in [0.717, 1.165) is 6.07 Å². The SMILES string of the molecule is O=C(NC(=O)c1ccc(C(F)(F)F)nc1Cl)Nc1cccnn1. The maximum atomic E-state index is 12.5. The van der Waals surface area contributed by atoms with Crippen molar-refractivity contribution in [2.75, 3.05) is 5.32 Å². The van der Waals surface area contributed by atoms with Crippen molar-refractivity contribution in [1.29, 1.82) is 0 Å². The summed E-state index contributed by atoms with van der Waals surface area (Å²) >= 11 is 5.55. The van der Waals surface area contributed by atoms with Crippen LogP contribution in [0.5, 0.6) is 0 Å². The van der Waals surface area contributed by atoms with Crippen molar-refractivity contribution in [2.45, 2.75) is 6.18 Å². The summed E-state index contributed by atoms with van der Waals surface area (Å²) in [7, 11) is 0. The number of carbonyl (C=O) groups excluding carboxylic acids is 2. The van der Waals surface area contributed by atoms with Crippen LogP contribution in [0.1, 0.15) is 16.1 Å². The minimum atomic E-state index is -4.69. The fourth-order valence-corrected chi connectivity index (χ4v) is 1.69. The van der Waals surface area contributed by atoms with Crippen molar-refractivity contribution >= 4 is 29.4 Å². The molecular weight excluding hydrogens is 339 g/mol. The molecule has 0 bridgehead atoms. The van der Waals surface area contributed by atoms with Gasteiger partial charge in [0.25, 0.3) is 5.91 Å². The largest absolute Gasteiger partial charge is 0.433 e. The van der Waals surface area contributed by atoms with E-state index in [1.807, 2.05) is 5.32 Å². The van der Waals surface area contributed by atoms with Gasteiger partial charge < -0.3 is 0 Å². The molecule has 2 aromatic rings. The number of hydrogen-bond donors (Lipinski definition) is 2. The summed E-state index contributed by atoms with van der Waals surface area (Å²) in [6, 6.07) is 3.38. The Hall–Kier alpha value is -2.75. The average molecular weight is 346 g/mol. The Morgan fingerprint density at radius 2 is 1.91 bits per heavy atom. The van der Waals surface area contributed by atoms with Crippen LogP contribution < -0.4 is 10.6 Å². The summed E-state index contributed by atoms with van der Waals surface area (Å²) in [4.78, 5) is 26.5. The number of carbonyl (C=O) groups is 2. The van der Waals surface area contributed by atoms with Gasteiger partial charge in [-0.3, -0.25) is 15.4 Å². The number of alkyl halides is 3. The van der Waals surface area contributed by atoms with E-state index in [1.54, 1.807) is 0 Å². The molecule has 2 aromatic heterocycles. The maximum absolute atomic E-state index is 12.5. The van der Waals surface area contributed by atoms with E-state index in [-0.39, 0.29) is 11.4 Å². The molecule has 0 aliphatic heterocycles. The van der Waals surface area contributed by atoms with Crippen LogP contribution in [-0.4, -0.2) is 27.1 Å². The van der Waals surface area contributed by atoms with Crippen molar-refractivity contribution in [3.05, 3.63) is 46.9 Å². The van der Waals surface area contributed by atoms with Crippen LogP contribution in [0.25, 0.3) is 0 Å². The monoisotopic (exact) mass is 345 g/mol. The van der Waals surface area contributed by atoms with Gasteiger partial charge in [0.15, 0.2) is 5.82 Å². The number of amides is 3. The molecule has 23 heavy (non-hydrogen) atoms. The molecule has 0 radical (unpaired) electrons. The van der Waals surface area contributed by atoms with Gasteiger partial charge >= 0.3 is 12.2 Å². The molecular formula is C12H7ClF3N5O2. The van der Waals surface area contributed by atoms with E-state index in [2.05, 4.69) is 20.5 Å². The lowest BCUT2D eigenvalue weighted by molar-refractivity contribution is -0.141. The van der Waals surface area contributed by atoms with E-state index in [9.17, 15) is 22.8 Å². The minimum Gasteiger partial charge on any atom is -0.290 e. The molecule has 0 aliphatic carbocycles. The number of imide groups is 1. The molecule has 120 valence electrons. The van der Waals surface area contributed by atoms with Crippen LogP contribution in [0.2, 0.25) is 5.15 Å². The lowest BCUT2D eigenvalue weighted by atomic mass is 10.2. The molecule has 0 spiro atoms. The number of urea groups is 1. The third-order valence-electron chi connectivity index (χ3n) is 2.42. The summed E-state index contributed by atoms with van der Waals surface area (Å²) in [5.41, 5.74) is -1.63. The zero-order chi connectivity index (χ0) is 17.0. The van der Waals surface area contributed by atoms with Gasteiger partial charge in [-0.2, -0.15) is 18.3 Å². The zero-order valence-electron chi connectivity index (χ0n) is 11.1. The second-order valence-electron chi connectivity index (χ2n) is 4.05. The fourth-order valence-electron chi connectivity index (χ4n) is 1.45. The minimum absolute atomic E-state index is 0.0782. The molecule has 0 aromatic carbocycles. The highest BCUT2D eigenvalue weighted by Gasteiger charge is 2.33. The Morgan fingerprint density at radius 3 is 2.48 bits per heavy atom. The first-order chi connectivity index (χ1) is 10.8. The molecule has 3 amide bonds. The molecule has 0 fully saturated rings. The topological polar surface area (TPSA) is 96.9 Å². The first-order valence-corrected chi connectivity index (χ1v) is 6.29. The predicted octanol–water partition coefficient (Wildman–Crippen LogP) is 2.51. The molecule has 0 unspecified atom stereocenters. The van der Waals surface area contributed by atoms with Crippen molar-refractivity contribution in [2.24, 2.45) is 0 Å². The maximum Gasteiger partial charge on any atom is 0.433 e. The molecule has 7 nitrogen and oxygen atoms in total. The quantitative estimate of drug-likeness (QED) is 0.815. The fraction of sp³-hybridized carbons (Fsp3) is 0.0833. The Kier molecular flexibility index (Phi) is 4.74. The van der Waals surface area contributed by atoms with Crippen molar-refractivity contribution < 1.29 is 22.8 Å². The van der Waals surface area contributed by atoms with Gasteiger partial charge in [-0.25, -0.2) is 9.78 Å². The number of anilines is 1. The highest BCUT2D eigenvalue weighted by molar-refractivity contribution is 6.33. The Bertz CT molecular complexity index is 739. The first kappa shape index (κ1) is 16.6.